The van der Waals surface area contributed by atoms with E-state index in [0.29, 0.717) is 11.6 Å². The molecule has 0 saturated heterocycles. The number of hydrogen-bond acceptors (Lipinski definition) is 4. The Balaban J connectivity index is 2.49. The quantitative estimate of drug-likeness (QED) is 0.750. The Morgan fingerprint density at radius 2 is 2.07 bits per heavy atom. The van der Waals surface area contributed by atoms with E-state index in [1.165, 1.54) is 0 Å². The van der Waals surface area contributed by atoms with E-state index in [1.54, 1.807) is 12.4 Å². The second-order valence-electron chi connectivity index (χ2n) is 3.62. The van der Waals surface area contributed by atoms with Gasteiger partial charge in [0.15, 0.2) is 0 Å². The highest BCUT2D eigenvalue weighted by Gasteiger charge is 2.03. The third-order valence-electron chi connectivity index (χ3n) is 2.57. The number of nitrogens with one attached hydrogen (secondary N) is 1. The average molecular weight is 209 g/mol. The van der Waals surface area contributed by atoms with Crippen LogP contribution in [0.3, 0.4) is 0 Å². The lowest BCUT2D eigenvalue weighted by atomic mass is 10.0. The van der Waals surface area contributed by atoms with Crippen molar-refractivity contribution in [2.45, 2.75) is 33.3 Å². The summed E-state index contributed by atoms with van der Waals surface area (Å²) in [4.78, 5) is 8.21. The molecule has 1 rings (SSSR count). The van der Waals surface area contributed by atoms with Crippen molar-refractivity contribution in [1.82, 2.24) is 9.97 Å². The summed E-state index contributed by atoms with van der Waals surface area (Å²) in [5.74, 6) is 1.41. The molecule has 0 spiro atoms. The van der Waals surface area contributed by atoms with Crippen molar-refractivity contribution in [3.05, 3.63) is 18.1 Å². The molecule has 0 aromatic carbocycles. The van der Waals surface area contributed by atoms with Crippen LogP contribution in [0.25, 0.3) is 0 Å². The predicted octanol–water partition coefficient (Wildman–Crippen LogP) is 1.82. The molecule has 0 bridgehead atoms. The zero-order valence-electron chi connectivity index (χ0n) is 9.40. The fourth-order valence-corrected chi connectivity index (χ4v) is 1.39. The largest absolute Gasteiger partial charge is 0.390 e. The van der Waals surface area contributed by atoms with Gasteiger partial charge in [-0.2, -0.15) is 0 Å². The molecule has 0 atom stereocenters. The molecule has 2 N–H and O–H groups in total. The molecule has 84 valence electrons. The number of rotatable bonds is 6. The van der Waals surface area contributed by atoms with E-state index >= 15 is 0 Å². The molecule has 0 radical (unpaired) electrons. The van der Waals surface area contributed by atoms with Crippen LogP contribution in [0.5, 0.6) is 0 Å². The van der Waals surface area contributed by atoms with Gasteiger partial charge in [0.1, 0.15) is 5.82 Å². The van der Waals surface area contributed by atoms with Crippen molar-refractivity contribution in [2.75, 3.05) is 11.9 Å². The molecule has 0 unspecified atom stereocenters. The highest BCUT2D eigenvalue weighted by molar-refractivity contribution is 5.31. The van der Waals surface area contributed by atoms with E-state index in [9.17, 15) is 0 Å². The van der Waals surface area contributed by atoms with Gasteiger partial charge in [-0.3, -0.25) is 4.98 Å². The van der Waals surface area contributed by atoms with Crippen LogP contribution < -0.4 is 5.32 Å². The van der Waals surface area contributed by atoms with Gasteiger partial charge >= 0.3 is 0 Å². The van der Waals surface area contributed by atoms with Crippen molar-refractivity contribution in [3.8, 4) is 0 Å². The zero-order valence-corrected chi connectivity index (χ0v) is 9.40. The summed E-state index contributed by atoms with van der Waals surface area (Å²) in [6.07, 6.45) is 5.58. The molecule has 1 aromatic rings. The van der Waals surface area contributed by atoms with Crippen molar-refractivity contribution in [3.63, 3.8) is 0 Å². The minimum Gasteiger partial charge on any atom is -0.390 e. The second kappa shape index (κ2) is 6.35. The van der Waals surface area contributed by atoms with E-state index < -0.39 is 0 Å². The first kappa shape index (κ1) is 11.9. The van der Waals surface area contributed by atoms with Crippen molar-refractivity contribution in [1.29, 1.82) is 0 Å². The number of aromatic nitrogens is 2. The maximum atomic E-state index is 8.90. The number of hydrogen-bond donors (Lipinski definition) is 2. The maximum absolute atomic E-state index is 8.90. The van der Waals surface area contributed by atoms with Crippen molar-refractivity contribution in [2.24, 2.45) is 5.92 Å². The molecule has 4 heteroatoms. The molecule has 0 aliphatic heterocycles. The van der Waals surface area contributed by atoms with Gasteiger partial charge < -0.3 is 10.4 Å². The van der Waals surface area contributed by atoms with Gasteiger partial charge in [-0.25, -0.2) is 4.98 Å². The van der Waals surface area contributed by atoms with Crippen LogP contribution in [-0.4, -0.2) is 21.6 Å². The SMILES string of the molecule is CCC(CC)CNc1cncc(CO)n1. The van der Waals surface area contributed by atoms with Crippen LogP contribution in [0, 0.1) is 5.92 Å². The lowest BCUT2D eigenvalue weighted by Gasteiger charge is -2.13. The van der Waals surface area contributed by atoms with E-state index in [-0.39, 0.29) is 6.61 Å². The van der Waals surface area contributed by atoms with Crippen molar-refractivity contribution >= 4 is 5.82 Å². The molecule has 0 amide bonds. The smallest absolute Gasteiger partial charge is 0.144 e. The molecule has 1 heterocycles. The Morgan fingerprint density at radius 3 is 2.67 bits per heavy atom. The molecular weight excluding hydrogens is 190 g/mol. The Labute approximate surface area is 90.8 Å². The summed E-state index contributed by atoms with van der Waals surface area (Å²) >= 11 is 0. The molecular formula is C11H19N3O. The number of nitrogens with zero attached hydrogens (tertiary/aromatic N) is 2. The number of aliphatic hydroxyl groups excluding tert-OH is 1. The molecule has 0 saturated carbocycles. The van der Waals surface area contributed by atoms with Crippen LogP contribution in [0.15, 0.2) is 12.4 Å². The maximum Gasteiger partial charge on any atom is 0.144 e. The average Bonchev–Trinajstić information content (AvgIpc) is 2.31. The topological polar surface area (TPSA) is 58.0 Å². The molecule has 0 aliphatic rings. The van der Waals surface area contributed by atoms with E-state index in [2.05, 4.69) is 29.1 Å². The normalized spacial score (nSPS) is 10.7. The summed E-state index contributed by atoms with van der Waals surface area (Å²) in [7, 11) is 0. The van der Waals surface area contributed by atoms with Gasteiger partial charge in [-0.1, -0.05) is 26.7 Å². The Hall–Kier alpha value is -1.16. The van der Waals surface area contributed by atoms with Gasteiger partial charge in [0.05, 0.1) is 24.7 Å². The first-order chi connectivity index (χ1) is 7.30. The lowest BCUT2D eigenvalue weighted by Crippen LogP contribution is -2.14. The van der Waals surface area contributed by atoms with Gasteiger partial charge in [-0.15, -0.1) is 0 Å². The third-order valence-corrected chi connectivity index (χ3v) is 2.57. The predicted molar refractivity (Wildman–Crippen MR) is 60.5 cm³/mol. The van der Waals surface area contributed by atoms with Gasteiger partial charge in [0.25, 0.3) is 0 Å². The molecule has 1 aromatic heterocycles. The van der Waals surface area contributed by atoms with Crippen LogP contribution in [0.1, 0.15) is 32.4 Å². The molecule has 15 heavy (non-hydrogen) atoms. The Bertz CT molecular complexity index is 287. The van der Waals surface area contributed by atoms with Gasteiger partial charge in [0, 0.05) is 6.54 Å². The molecule has 0 fully saturated rings. The summed E-state index contributed by atoms with van der Waals surface area (Å²) in [5.41, 5.74) is 0.601. The van der Waals surface area contributed by atoms with Crippen LogP contribution in [0.2, 0.25) is 0 Å². The van der Waals surface area contributed by atoms with E-state index in [0.717, 1.165) is 25.2 Å². The standard InChI is InChI=1S/C11H19N3O/c1-3-9(4-2)5-13-11-7-12-6-10(8-15)14-11/h6-7,9,15H,3-5,8H2,1-2H3,(H,13,14). The van der Waals surface area contributed by atoms with Crippen LogP contribution >= 0.6 is 0 Å². The molecule has 4 nitrogen and oxygen atoms in total. The highest BCUT2D eigenvalue weighted by atomic mass is 16.3. The highest BCUT2D eigenvalue weighted by Crippen LogP contribution is 2.09. The summed E-state index contributed by atoms with van der Waals surface area (Å²) in [6, 6.07) is 0. The summed E-state index contributed by atoms with van der Waals surface area (Å²) in [5, 5.41) is 12.1. The van der Waals surface area contributed by atoms with E-state index in [4.69, 9.17) is 5.11 Å². The van der Waals surface area contributed by atoms with Gasteiger partial charge in [-0.05, 0) is 5.92 Å². The summed E-state index contributed by atoms with van der Waals surface area (Å²) < 4.78 is 0. The van der Waals surface area contributed by atoms with E-state index in [1.807, 2.05) is 0 Å². The zero-order chi connectivity index (χ0) is 11.1. The summed E-state index contributed by atoms with van der Waals surface area (Å²) in [6.45, 7) is 5.22. The van der Waals surface area contributed by atoms with Crippen LogP contribution in [-0.2, 0) is 6.61 Å². The Morgan fingerprint density at radius 1 is 1.33 bits per heavy atom. The Kier molecular flexibility index (Phi) is 5.04. The van der Waals surface area contributed by atoms with Crippen LogP contribution in [0.4, 0.5) is 5.82 Å². The fourth-order valence-electron chi connectivity index (χ4n) is 1.39. The van der Waals surface area contributed by atoms with Gasteiger partial charge in [0.2, 0.25) is 0 Å². The third kappa shape index (κ3) is 3.83. The molecule has 0 aliphatic carbocycles. The second-order valence-corrected chi connectivity index (χ2v) is 3.62. The lowest BCUT2D eigenvalue weighted by molar-refractivity contribution is 0.276. The first-order valence-corrected chi connectivity index (χ1v) is 5.45. The minimum absolute atomic E-state index is 0.0620. The number of anilines is 1. The fraction of sp³-hybridized carbons (Fsp3) is 0.636. The number of aliphatic hydroxyl groups is 1. The monoisotopic (exact) mass is 209 g/mol. The first-order valence-electron chi connectivity index (χ1n) is 5.45. The minimum atomic E-state index is -0.0620. The van der Waals surface area contributed by atoms with Crippen molar-refractivity contribution < 1.29 is 5.11 Å².